The SMILES string of the molecule is CCN=S1CCN(C)CC1. The van der Waals surface area contributed by atoms with Crippen LogP contribution in [0.15, 0.2) is 4.36 Å². The molecule has 3 heteroatoms. The third-order valence-corrected chi connectivity index (χ3v) is 3.66. The Kier molecular flexibility index (Phi) is 3.35. The third kappa shape index (κ3) is 2.39. The summed E-state index contributed by atoms with van der Waals surface area (Å²) in [6.45, 7) is 5.62. The Hall–Kier alpha value is 0.110. The van der Waals surface area contributed by atoms with Crippen molar-refractivity contribution in [3.05, 3.63) is 0 Å². The fourth-order valence-electron chi connectivity index (χ4n) is 1.05. The average molecular weight is 160 g/mol. The summed E-state index contributed by atoms with van der Waals surface area (Å²) in [7, 11) is 2.61. The molecule has 10 heavy (non-hydrogen) atoms. The summed E-state index contributed by atoms with van der Waals surface area (Å²) < 4.78 is 4.52. The molecule has 0 saturated carbocycles. The molecule has 0 bridgehead atoms. The van der Waals surface area contributed by atoms with Crippen LogP contribution >= 0.6 is 0 Å². The van der Waals surface area contributed by atoms with E-state index in [1.54, 1.807) is 0 Å². The maximum absolute atomic E-state index is 4.52. The lowest BCUT2D eigenvalue weighted by molar-refractivity contribution is 0.370. The van der Waals surface area contributed by atoms with Crippen LogP contribution in [-0.2, 0) is 10.7 Å². The van der Waals surface area contributed by atoms with E-state index in [1.807, 2.05) is 0 Å². The van der Waals surface area contributed by atoms with E-state index in [1.165, 1.54) is 24.6 Å². The molecule has 2 nitrogen and oxygen atoms in total. The molecule has 0 N–H and O–H groups in total. The van der Waals surface area contributed by atoms with Crippen molar-refractivity contribution in [1.82, 2.24) is 4.90 Å². The molecule has 0 unspecified atom stereocenters. The van der Waals surface area contributed by atoms with Gasteiger partial charge < -0.3 is 4.90 Å². The van der Waals surface area contributed by atoms with Gasteiger partial charge in [0, 0.05) is 31.1 Å². The van der Waals surface area contributed by atoms with Crippen molar-refractivity contribution < 1.29 is 0 Å². The molecule has 60 valence electrons. The summed E-state index contributed by atoms with van der Waals surface area (Å²) >= 11 is 0. The molecule has 1 heterocycles. The molecule has 1 fully saturated rings. The van der Waals surface area contributed by atoms with Gasteiger partial charge in [-0.05, 0) is 14.0 Å². The zero-order valence-electron chi connectivity index (χ0n) is 6.84. The van der Waals surface area contributed by atoms with Crippen LogP contribution in [0.2, 0.25) is 0 Å². The summed E-state index contributed by atoms with van der Waals surface area (Å²) in [4.78, 5) is 2.38. The third-order valence-electron chi connectivity index (χ3n) is 1.73. The van der Waals surface area contributed by atoms with Gasteiger partial charge in [0.05, 0.1) is 0 Å². The quantitative estimate of drug-likeness (QED) is 0.553. The van der Waals surface area contributed by atoms with E-state index in [9.17, 15) is 0 Å². The van der Waals surface area contributed by atoms with Gasteiger partial charge >= 0.3 is 0 Å². The van der Waals surface area contributed by atoms with Crippen molar-refractivity contribution in [2.75, 3.05) is 38.2 Å². The standard InChI is InChI=1S/C7H16N2S/c1-3-8-10-6-4-9(2)5-7-10/h3-7H2,1-2H3. The van der Waals surface area contributed by atoms with Gasteiger partial charge in [-0.25, -0.2) is 0 Å². The zero-order valence-corrected chi connectivity index (χ0v) is 7.65. The Morgan fingerprint density at radius 2 is 2.00 bits per heavy atom. The first-order chi connectivity index (χ1) is 4.83. The highest BCUT2D eigenvalue weighted by molar-refractivity contribution is 7.87. The van der Waals surface area contributed by atoms with Gasteiger partial charge in [0.1, 0.15) is 0 Å². The normalized spacial score (nSPS) is 23.0. The summed E-state index contributed by atoms with van der Waals surface area (Å²) in [5.74, 6) is 2.59. The van der Waals surface area contributed by atoms with Crippen LogP contribution < -0.4 is 0 Å². The van der Waals surface area contributed by atoms with Gasteiger partial charge in [-0.1, -0.05) is 10.7 Å². The topological polar surface area (TPSA) is 15.6 Å². The Morgan fingerprint density at radius 3 is 2.50 bits per heavy atom. The van der Waals surface area contributed by atoms with Crippen LogP contribution in [0.5, 0.6) is 0 Å². The van der Waals surface area contributed by atoms with Crippen molar-refractivity contribution in [1.29, 1.82) is 0 Å². The van der Waals surface area contributed by atoms with E-state index < -0.39 is 0 Å². The van der Waals surface area contributed by atoms with Crippen LogP contribution in [0, 0.1) is 0 Å². The minimum Gasteiger partial charge on any atom is -0.305 e. The molecule has 0 aromatic carbocycles. The molecule has 1 saturated heterocycles. The predicted molar refractivity (Wildman–Crippen MR) is 47.6 cm³/mol. The van der Waals surface area contributed by atoms with Crippen molar-refractivity contribution in [3.63, 3.8) is 0 Å². The molecule has 0 spiro atoms. The molecule has 0 atom stereocenters. The van der Waals surface area contributed by atoms with E-state index in [0.717, 1.165) is 6.54 Å². The summed E-state index contributed by atoms with van der Waals surface area (Å²) in [6.07, 6.45) is 0. The van der Waals surface area contributed by atoms with Crippen LogP contribution in [0.3, 0.4) is 0 Å². The minimum absolute atomic E-state index is 0.418. The summed E-state index contributed by atoms with van der Waals surface area (Å²) in [5, 5.41) is 0. The van der Waals surface area contributed by atoms with E-state index >= 15 is 0 Å². The summed E-state index contributed by atoms with van der Waals surface area (Å²) in [5.41, 5.74) is 0. The fourth-order valence-corrected chi connectivity index (χ4v) is 2.92. The molecule has 1 aliphatic rings. The van der Waals surface area contributed by atoms with E-state index in [-0.39, 0.29) is 0 Å². The maximum Gasteiger partial charge on any atom is 0.0429 e. The monoisotopic (exact) mass is 160 g/mol. The first-order valence-electron chi connectivity index (χ1n) is 3.86. The van der Waals surface area contributed by atoms with E-state index in [4.69, 9.17) is 0 Å². The van der Waals surface area contributed by atoms with Gasteiger partial charge in [0.25, 0.3) is 0 Å². The molecule has 1 rings (SSSR count). The van der Waals surface area contributed by atoms with Gasteiger partial charge in [-0.2, -0.15) is 0 Å². The highest BCUT2D eigenvalue weighted by atomic mass is 32.2. The second-order valence-corrected chi connectivity index (χ2v) is 4.62. The second kappa shape index (κ2) is 4.09. The van der Waals surface area contributed by atoms with Gasteiger partial charge in [-0.3, -0.25) is 4.36 Å². The minimum atomic E-state index is 0.418. The van der Waals surface area contributed by atoms with Crippen molar-refractivity contribution in [2.45, 2.75) is 6.92 Å². The van der Waals surface area contributed by atoms with Gasteiger partial charge in [0.15, 0.2) is 0 Å². The van der Waals surface area contributed by atoms with Gasteiger partial charge in [-0.15, -0.1) is 0 Å². The Balaban J connectivity index is 2.32. The van der Waals surface area contributed by atoms with E-state index in [2.05, 4.69) is 23.2 Å². The number of nitrogens with zero attached hydrogens (tertiary/aromatic N) is 2. The molecular weight excluding hydrogens is 144 g/mol. The highest BCUT2D eigenvalue weighted by Gasteiger charge is 2.08. The smallest absolute Gasteiger partial charge is 0.0429 e. The van der Waals surface area contributed by atoms with Crippen molar-refractivity contribution in [3.8, 4) is 0 Å². The van der Waals surface area contributed by atoms with Gasteiger partial charge in [0.2, 0.25) is 0 Å². The largest absolute Gasteiger partial charge is 0.305 e. The lowest BCUT2D eigenvalue weighted by atomic mass is 10.6. The molecule has 1 aliphatic heterocycles. The number of rotatable bonds is 1. The molecule has 0 aromatic rings. The molecular formula is C7H16N2S. The Morgan fingerprint density at radius 1 is 1.40 bits per heavy atom. The van der Waals surface area contributed by atoms with Crippen LogP contribution in [0.25, 0.3) is 0 Å². The van der Waals surface area contributed by atoms with Crippen molar-refractivity contribution in [2.24, 2.45) is 4.36 Å². The first kappa shape index (κ1) is 8.21. The highest BCUT2D eigenvalue weighted by Crippen LogP contribution is 1.99. The number of hydrogen-bond acceptors (Lipinski definition) is 2. The van der Waals surface area contributed by atoms with Crippen molar-refractivity contribution >= 4 is 10.7 Å². The second-order valence-electron chi connectivity index (χ2n) is 2.62. The lowest BCUT2D eigenvalue weighted by Gasteiger charge is -2.23. The predicted octanol–water partition coefficient (Wildman–Crippen LogP) is 0.754. The zero-order chi connectivity index (χ0) is 7.40. The average Bonchev–Trinajstić information content (AvgIpc) is 1.95. The maximum atomic E-state index is 4.52. The summed E-state index contributed by atoms with van der Waals surface area (Å²) in [6, 6.07) is 0. The van der Waals surface area contributed by atoms with Crippen LogP contribution in [0.1, 0.15) is 6.92 Å². The molecule has 0 amide bonds. The fraction of sp³-hybridized carbons (Fsp3) is 1.00. The van der Waals surface area contributed by atoms with Crippen LogP contribution in [0.4, 0.5) is 0 Å². The van der Waals surface area contributed by atoms with E-state index in [0.29, 0.717) is 10.7 Å². The Bertz CT molecular complexity index is 124. The first-order valence-corrected chi connectivity index (χ1v) is 5.38. The molecule has 0 radical (unpaired) electrons. The Labute approximate surface area is 65.7 Å². The molecule has 0 aliphatic carbocycles. The van der Waals surface area contributed by atoms with Crippen LogP contribution in [-0.4, -0.2) is 43.1 Å². The lowest BCUT2D eigenvalue weighted by Crippen LogP contribution is -2.34. The number of hydrogen-bond donors (Lipinski definition) is 0. The molecule has 0 aromatic heterocycles.